The third kappa shape index (κ3) is 3.53. The monoisotopic (exact) mass is 441 g/mol. The van der Waals surface area contributed by atoms with Crippen molar-refractivity contribution < 1.29 is 9.59 Å². The van der Waals surface area contributed by atoms with Crippen LogP contribution in [0.1, 0.15) is 65.5 Å². The van der Waals surface area contributed by atoms with Gasteiger partial charge in [0.25, 0.3) is 11.8 Å². The number of anilines is 1. The summed E-state index contributed by atoms with van der Waals surface area (Å²) in [4.78, 5) is 28.6. The molecule has 146 valence electrons. The van der Waals surface area contributed by atoms with Gasteiger partial charge in [-0.15, -0.1) is 0 Å². The van der Waals surface area contributed by atoms with Crippen LogP contribution < -0.4 is 10.6 Å². The van der Waals surface area contributed by atoms with Gasteiger partial charge in [-0.2, -0.15) is 0 Å². The molecule has 2 amide bonds. The van der Waals surface area contributed by atoms with Crippen LogP contribution in [-0.2, 0) is 17.6 Å². The molecule has 5 nitrogen and oxygen atoms in total. The summed E-state index contributed by atoms with van der Waals surface area (Å²) in [6.07, 6.45) is 7.95. The van der Waals surface area contributed by atoms with Gasteiger partial charge in [-0.1, -0.05) is 29.3 Å². The van der Waals surface area contributed by atoms with E-state index in [-0.39, 0.29) is 11.8 Å². The Balaban J connectivity index is 1.73. The summed E-state index contributed by atoms with van der Waals surface area (Å²) in [5.41, 5.74) is 6.16. The molecule has 0 saturated carbocycles. The number of carbonyl (C=O) groups is 2. The minimum atomic E-state index is -0.110. The number of halogens is 1. The van der Waals surface area contributed by atoms with Crippen molar-refractivity contribution in [3.05, 3.63) is 50.8 Å². The number of benzene rings is 1. The number of hydrogen-bond donors (Lipinski definition) is 3. The van der Waals surface area contributed by atoms with Crippen LogP contribution in [0.4, 0.5) is 5.69 Å². The highest BCUT2D eigenvalue weighted by Crippen LogP contribution is 2.37. The minimum Gasteiger partial charge on any atom is -0.351 e. The molecule has 0 radical (unpaired) electrons. The van der Waals surface area contributed by atoms with Crippen molar-refractivity contribution in [2.45, 2.75) is 45.4 Å². The van der Waals surface area contributed by atoms with Crippen LogP contribution >= 0.6 is 15.9 Å². The van der Waals surface area contributed by atoms with Crippen molar-refractivity contribution in [2.75, 3.05) is 11.9 Å². The van der Waals surface area contributed by atoms with E-state index in [0.717, 1.165) is 65.5 Å². The zero-order chi connectivity index (χ0) is 19.7. The van der Waals surface area contributed by atoms with Crippen molar-refractivity contribution in [1.82, 2.24) is 10.3 Å². The van der Waals surface area contributed by atoms with E-state index >= 15 is 0 Å². The summed E-state index contributed by atoms with van der Waals surface area (Å²) < 4.78 is 0.929. The molecule has 1 aromatic carbocycles. The Morgan fingerprint density at radius 2 is 2.04 bits per heavy atom. The topological polar surface area (TPSA) is 74.0 Å². The lowest BCUT2D eigenvalue weighted by Crippen LogP contribution is -2.26. The lowest BCUT2D eigenvalue weighted by atomic mass is 9.91. The molecule has 0 atom stereocenters. The Labute approximate surface area is 173 Å². The van der Waals surface area contributed by atoms with Gasteiger partial charge >= 0.3 is 0 Å². The second-order valence-corrected chi connectivity index (χ2v) is 8.31. The standard InChI is InChI=1S/C22H24BrN3O2/c1-2-3-10-24-22(28)20-15-7-5-4-6-14(15)19(25-20)12-17-16-11-13(23)8-9-18(16)26-21(17)27/h8-9,11-12,25H,2-7,10H2,1H3,(H,24,28)(H,26,27)/b17-12-. The summed E-state index contributed by atoms with van der Waals surface area (Å²) in [6, 6.07) is 5.76. The normalized spacial score (nSPS) is 16.6. The predicted molar refractivity (Wildman–Crippen MR) is 115 cm³/mol. The smallest absolute Gasteiger partial charge is 0.268 e. The number of hydrogen-bond acceptors (Lipinski definition) is 2. The molecule has 0 saturated heterocycles. The fourth-order valence-corrected chi connectivity index (χ4v) is 4.36. The third-order valence-corrected chi connectivity index (χ3v) is 5.94. The number of unbranched alkanes of at least 4 members (excludes halogenated alkanes) is 1. The Bertz CT molecular complexity index is 974. The maximum absolute atomic E-state index is 12.7. The number of rotatable bonds is 5. The molecule has 0 fully saturated rings. The molecular formula is C22H24BrN3O2. The van der Waals surface area contributed by atoms with Crippen molar-refractivity contribution >= 4 is 45.1 Å². The average molecular weight is 442 g/mol. The first-order valence-electron chi connectivity index (χ1n) is 9.93. The zero-order valence-corrected chi connectivity index (χ0v) is 17.5. The molecule has 0 unspecified atom stereocenters. The highest BCUT2D eigenvalue weighted by atomic mass is 79.9. The first kappa shape index (κ1) is 19.0. The van der Waals surface area contributed by atoms with Crippen molar-refractivity contribution in [3.8, 4) is 0 Å². The Kier molecular flexibility index (Phi) is 5.40. The molecule has 0 spiro atoms. The number of fused-ring (bicyclic) bond motifs is 2. The van der Waals surface area contributed by atoms with Crippen LogP contribution in [0.15, 0.2) is 22.7 Å². The second-order valence-electron chi connectivity index (χ2n) is 7.39. The van der Waals surface area contributed by atoms with Gasteiger partial charge < -0.3 is 15.6 Å². The number of amides is 2. The lowest BCUT2D eigenvalue weighted by molar-refractivity contribution is -0.110. The van der Waals surface area contributed by atoms with Gasteiger partial charge in [0.1, 0.15) is 5.69 Å². The summed E-state index contributed by atoms with van der Waals surface area (Å²) in [6.45, 7) is 2.79. The van der Waals surface area contributed by atoms with Crippen molar-refractivity contribution in [1.29, 1.82) is 0 Å². The predicted octanol–water partition coefficient (Wildman–Crippen LogP) is 4.68. The molecule has 2 aliphatic rings. The quantitative estimate of drug-likeness (QED) is 0.465. The summed E-state index contributed by atoms with van der Waals surface area (Å²) in [5.74, 6) is -0.156. The summed E-state index contributed by atoms with van der Waals surface area (Å²) >= 11 is 3.48. The van der Waals surface area contributed by atoms with Gasteiger partial charge in [0, 0.05) is 28.0 Å². The maximum atomic E-state index is 12.7. The first-order valence-corrected chi connectivity index (χ1v) is 10.7. The van der Waals surface area contributed by atoms with Crippen molar-refractivity contribution in [2.24, 2.45) is 0 Å². The fourth-order valence-electron chi connectivity index (χ4n) is 4.00. The number of nitrogens with one attached hydrogen (secondary N) is 3. The summed E-state index contributed by atoms with van der Waals surface area (Å²) in [7, 11) is 0. The Hall–Kier alpha value is -2.34. The second kappa shape index (κ2) is 7.95. The summed E-state index contributed by atoms with van der Waals surface area (Å²) in [5, 5.41) is 5.93. The van der Waals surface area contributed by atoms with Gasteiger partial charge in [0.2, 0.25) is 0 Å². The van der Waals surface area contributed by atoms with Crippen LogP contribution in [0.5, 0.6) is 0 Å². The molecule has 3 N–H and O–H groups in total. The van der Waals surface area contributed by atoms with Gasteiger partial charge in [-0.25, -0.2) is 0 Å². The van der Waals surface area contributed by atoms with E-state index in [0.29, 0.717) is 17.8 Å². The molecule has 4 rings (SSSR count). The van der Waals surface area contributed by atoms with Crippen LogP contribution in [0.3, 0.4) is 0 Å². The molecular weight excluding hydrogens is 418 g/mol. The van der Waals surface area contributed by atoms with Crippen molar-refractivity contribution in [3.63, 3.8) is 0 Å². The van der Waals surface area contributed by atoms with Gasteiger partial charge in [0.05, 0.1) is 5.57 Å². The van der Waals surface area contributed by atoms with Gasteiger partial charge in [-0.3, -0.25) is 9.59 Å². The zero-order valence-electron chi connectivity index (χ0n) is 16.0. The highest BCUT2D eigenvalue weighted by Gasteiger charge is 2.27. The number of carbonyl (C=O) groups excluding carboxylic acids is 2. The van der Waals surface area contributed by atoms with E-state index in [2.05, 4.69) is 38.5 Å². The van der Waals surface area contributed by atoms with Gasteiger partial charge in [0.15, 0.2) is 0 Å². The average Bonchev–Trinajstić information content (AvgIpc) is 3.20. The van der Waals surface area contributed by atoms with E-state index in [1.807, 2.05) is 24.3 Å². The largest absolute Gasteiger partial charge is 0.351 e. The fraction of sp³-hybridized carbons (Fsp3) is 0.364. The van der Waals surface area contributed by atoms with E-state index < -0.39 is 0 Å². The minimum absolute atomic E-state index is 0.0460. The molecule has 1 aromatic heterocycles. The first-order chi connectivity index (χ1) is 13.6. The SMILES string of the molecule is CCCCNC(=O)c1[nH]c(/C=C2\C(=O)Nc3ccc(Br)cc32)c2c1CCCC2. The van der Waals surface area contributed by atoms with Crippen LogP contribution in [0.2, 0.25) is 0 Å². The van der Waals surface area contributed by atoms with E-state index in [1.165, 1.54) is 5.56 Å². The maximum Gasteiger partial charge on any atom is 0.268 e. The van der Waals surface area contributed by atoms with Crippen LogP contribution in [0, 0.1) is 0 Å². The molecule has 2 heterocycles. The molecule has 6 heteroatoms. The molecule has 0 bridgehead atoms. The molecule has 1 aliphatic carbocycles. The third-order valence-electron chi connectivity index (χ3n) is 5.45. The highest BCUT2D eigenvalue weighted by molar-refractivity contribution is 9.10. The molecule has 28 heavy (non-hydrogen) atoms. The Morgan fingerprint density at radius 1 is 1.25 bits per heavy atom. The number of aromatic amines is 1. The number of aromatic nitrogens is 1. The molecule has 2 aromatic rings. The van der Waals surface area contributed by atoms with E-state index in [9.17, 15) is 9.59 Å². The Morgan fingerprint density at radius 3 is 2.82 bits per heavy atom. The number of H-pyrrole nitrogens is 1. The van der Waals surface area contributed by atoms with Crippen LogP contribution in [0.25, 0.3) is 11.6 Å². The van der Waals surface area contributed by atoms with E-state index in [1.54, 1.807) is 0 Å². The van der Waals surface area contributed by atoms with E-state index in [4.69, 9.17) is 0 Å². The van der Waals surface area contributed by atoms with Gasteiger partial charge in [-0.05, 0) is 67.5 Å². The van der Waals surface area contributed by atoms with Crippen LogP contribution in [-0.4, -0.2) is 23.3 Å². The lowest BCUT2D eigenvalue weighted by Gasteiger charge is -2.13. The molecule has 1 aliphatic heterocycles.